The maximum Gasteiger partial charge on any atom is 0.435 e. The lowest BCUT2D eigenvalue weighted by atomic mass is 9.99. The quantitative estimate of drug-likeness (QED) is 0.339. The van der Waals surface area contributed by atoms with Gasteiger partial charge in [-0.3, -0.25) is 14.5 Å². The topological polar surface area (TPSA) is 59.8 Å². The lowest BCUT2D eigenvalue weighted by Crippen LogP contribution is -2.36. The van der Waals surface area contributed by atoms with Gasteiger partial charge in [-0.05, 0) is 62.0 Å². The molecule has 2 heterocycles. The van der Waals surface area contributed by atoms with Crippen molar-refractivity contribution in [1.82, 2.24) is 20.1 Å². The van der Waals surface area contributed by atoms with Crippen molar-refractivity contribution in [2.24, 2.45) is 7.05 Å². The average molecular weight is 486 g/mol. The first-order chi connectivity index (χ1) is 15.2. The molecule has 1 atom stereocenters. The van der Waals surface area contributed by atoms with E-state index in [4.69, 9.17) is 0 Å². The predicted molar refractivity (Wildman–Crippen MR) is 118 cm³/mol. The SMILES string of the molecule is C/C=C(\C=C(/C)C(F)(F)P)c1ncc(C2(NC(=O)c3cc(C(F)(F)F)nn3C)CC2)cc1C. The maximum atomic E-state index is 13.6. The van der Waals surface area contributed by atoms with E-state index in [0.29, 0.717) is 35.7 Å². The Balaban J connectivity index is 1.85. The van der Waals surface area contributed by atoms with Crippen LogP contribution in [0.15, 0.2) is 36.1 Å². The number of pyridine rings is 1. The van der Waals surface area contributed by atoms with Crippen LogP contribution in [0, 0.1) is 6.92 Å². The summed E-state index contributed by atoms with van der Waals surface area (Å²) in [5.41, 5.74) is -2.79. The number of halogens is 5. The van der Waals surface area contributed by atoms with E-state index in [1.165, 1.54) is 29.3 Å². The number of hydrogen-bond donors (Lipinski definition) is 1. The Bertz CT molecular complexity index is 1140. The number of alkyl halides is 5. The smallest absolute Gasteiger partial charge is 0.341 e. The van der Waals surface area contributed by atoms with Gasteiger partial charge in [0.15, 0.2) is 5.69 Å². The summed E-state index contributed by atoms with van der Waals surface area (Å²) in [4.78, 5) is 17.1. The van der Waals surface area contributed by atoms with Gasteiger partial charge >= 0.3 is 6.18 Å². The fourth-order valence-corrected chi connectivity index (χ4v) is 3.55. The molecule has 2 aromatic rings. The van der Waals surface area contributed by atoms with Crippen LogP contribution in [0.3, 0.4) is 0 Å². The Kier molecular flexibility index (Phi) is 6.54. The number of carbonyl (C=O) groups is 1. The molecule has 0 spiro atoms. The van der Waals surface area contributed by atoms with Crippen molar-refractivity contribution in [3.63, 3.8) is 0 Å². The van der Waals surface area contributed by atoms with Crippen LogP contribution in [0.2, 0.25) is 0 Å². The Labute approximate surface area is 190 Å². The molecule has 0 aromatic carbocycles. The van der Waals surface area contributed by atoms with Crippen LogP contribution in [0.1, 0.15) is 59.7 Å². The van der Waals surface area contributed by atoms with Crippen molar-refractivity contribution in [3.05, 3.63) is 64.3 Å². The zero-order valence-electron chi connectivity index (χ0n) is 18.5. The van der Waals surface area contributed by atoms with Crippen molar-refractivity contribution in [2.45, 2.75) is 51.0 Å². The van der Waals surface area contributed by atoms with E-state index >= 15 is 0 Å². The Morgan fingerprint density at radius 3 is 2.33 bits per heavy atom. The van der Waals surface area contributed by atoms with Crippen molar-refractivity contribution >= 4 is 20.7 Å². The van der Waals surface area contributed by atoms with Crippen molar-refractivity contribution < 1.29 is 26.7 Å². The highest BCUT2D eigenvalue weighted by molar-refractivity contribution is 7.18. The number of rotatable bonds is 6. The second kappa shape index (κ2) is 8.63. The van der Waals surface area contributed by atoms with E-state index in [1.807, 2.05) is 6.07 Å². The minimum absolute atomic E-state index is 0.133. The van der Waals surface area contributed by atoms with E-state index in [9.17, 15) is 26.7 Å². The van der Waals surface area contributed by atoms with Gasteiger partial charge in [0, 0.05) is 19.3 Å². The number of nitrogens with zero attached hydrogens (tertiary/aromatic N) is 3. The Morgan fingerprint density at radius 2 is 1.88 bits per heavy atom. The van der Waals surface area contributed by atoms with Gasteiger partial charge in [-0.1, -0.05) is 21.4 Å². The van der Waals surface area contributed by atoms with Gasteiger partial charge in [-0.15, -0.1) is 0 Å². The van der Waals surface area contributed by atoms with Gasteiger partial charge in [0.1, 0.15) is 5.69 Å². The van der Waals surface area contributed by atoms with Gasteiger partial charge in [-0.2, -0.15) is 27.1 Å². The highest BCUT2D eigenvalue weighted by Gasteiger charge is 2.47. The molecular formula is C22H24F5N4OP. The van der Waals surface area contributed by atoms with Gasteiger partial charge in [-0.25, -0.2) is 0 Å². The molecular weight excluding hydrogens is 462 g/mol. The van der Waals surface area contributed by atoms with Crippen molar-refractivity contribution in [2.75, 3.05) is 0 Å². The summed E-state index contributed by atoms with van der Waals surface area (Å²) in [5, 5.41) is 6.19. The van der Waals surface area contributed by atoms with E-state index in [0.717, 1.165) is 10.2 Å². The third kappa shape index (κ3) is 5.32. The molecule has 1 aliphatic carbocycles. The lowest BCUT2D eigenvalue weighted by Gasteiger charge is -2.19. The van der Waals surface area contributed by atoms with Crippen LogP contribution in [0.25, 0.3) is 5.57 Å². The number of aromatic nitrogens is 3. The summed E-state index contributed by atoms with van der Waals surface area (Å²) < 4.78 is 66.7. The van der Waals surface area contributed by atoms with Crippen LogP contribution in [-0.4, -0.2) is 26.3 Å². The maximum absolute atomic E-state index is 13.6. The molecule has 11 heteroatoms. The summed E-state index contributed by atoms with van der Waals surface area (Å²) in [5.74, 6) is -0.671. The number of hydrogen-bond acceptors (Lipinski definition) is 3. The molecule has 2 aromatic heterocycles. The summed E-state index contributed by atoms with van der Waals surface area (Å²) in [6, 6.07) is 2.53. The average Bonchev–Trinajstić information content (AvgIpc) is 3.36. The first kappa shape index (κ1) is 25.0. The minimum atomic E-state index is -4.65. The molecule has 1 N–H and O–H groups in total. The molecule has 0 bridgehead atoms. The van der Waals surface area contributed by atoms with Crippen molar-refractivity contribution in [3.8, 4) is 0 Å². The van der Waals surface area contributed by atoms with E-state index in [-0.39, 0.29) is 11.3 Å². The molecule has 178 valence electrons. The second-order valence-corrected chi connectivity index (χ2v) is 8.88. The zero-order chi connectivity index (χ0) is 24.8. The largest absolute Gasteiger partial charge is 0.435 e. The minimum Gasteiger partial charge on any atom is -0.341 e. The van der Waals surface area contributed by atoms with Crippen LogP contribution >= 0.6 is 9.24 Å². The number of carbonyl (C=O) groups excluding carboxylic acids is 1. The summed E-state index contributed by atoms with van der Waals surface area (Å²) >= 11 is 0. The molecule has 5 nitrogen and oxygen atoms in total. The molecule has 0 radical (unpaired) electrons. The third-order valence-corrected chi connectivity index (χ3v) is 6.07. The van der Waals surface area contributed by atoms with Crippen LogP contribution in [-0.2, 0) is 18.8 Å². The fraction of sp³-hybridized carbons (Fsp3) is 0.409. The number of nitrogens with one attached hydrogen (secondary N) is 1. The first-order valence-corrected chi connectivity index (χ1v) is 10.7. The van der Waals surface area contributed by atoms with Crippen LogP contribution in [0.5, 0.6) is 0 Å². The van der Waals surface area contributed by atoms with E-state index in [2.05, 4.69) is 15.4 Å². The van der Waals surface area contributed by atoms with Crippen LogP contribution < -0.4 is 5.32 Å². The summed E-state index contributed by atoms with van der Waals surface area (Å²) in [7, 11) is 2.77. The monoisotopic (exact) mass is 486 g/mol. The zero-order valence-corrected chi connectivity index (χ0v) is 19.7. The Morgan fingerprint density at radius 1 is 1.24 bits per heavy atom. The normalized spacial score (nSPS) is 16.7. The van der Waals surface area contributed by atoms with Crippen molar-refractivity contribution in [1.29, 1.82) is 0 Å². The van der Waals surface area contributed by atoms with E-state index < -0.39 is 29.0 Å². The first-order valence-electron chi connectivity index (χ1n) is 10.1. The summed E-state index contributed by atoms with van der Waals surface area (Å²) in [6.45, 7) is 4.84. The standard InChI is InChI=1S/C22H24F5N4OP/c1-5-14(9-13(3)22(26,27)33)18-12(2)8-15(11-28-18)20(6-7-20)29-19(32)16-10-17(21(23,24)25)30-31(16)4/h5,8-11H,6-7,33H2,1-4H3,(H,29,32)/b13-9+,14-5+. The van der Waals surface area contributed by atoms with Gasteiger partial charge in [0.25, 0.3) is 11.6 Å². The second-order valence-electron chi connectivity index (χ2n) is 8.16. The highest BCUT2D eigenvalue weighted by Crippen LogP contribution is 2.46. The lowest BCUT2D eigenvalue weighted by molar-refractivity contribution is -0.141. The molecule has 1 amide bonds. The predicted octanol–water partition coefficient (Wildman–Crippen LogP) is 5.38. The molecule has 33 heavy (non-hydrogen) atoms. The van der Waals surface area contributed by atoms with Gasteiger partial charge in [0.05, 0.1) is 11.2 Å². The molecule has 1 fully saturated rings. The van der Waals surface area contributed by atoms with Gasteiger partial charge < -0.3 is 5.32 Å². The highest BCUT2D eigenvalue weighted by atomic mass is 31.0. The fourth-order valence-electron chi connectivity index (χ4n) is 3.47. The number of amides is 1. The molecule has 0 saturated heterocycles. The number of allylic oxidation sites excluding steroid dienone is 4. The number of aryl methyl sites for hydroxylation is 2. The Hall–Kier alpha value is -2.61. The van der Waals surface area contributed by atoms with E-state index in [1.54, 1.807) is 26.1 Å². The third-order valence-electron chi connectivity index (χ3n) is 5.62. The molecule has 1 unspecified atom stereocenters. The summed E-state index contributed by atoms with van der Waals surface area (Å²) in [6.07, 6.45) is 1.16. The molecule has 1 saturated carbocycles. The van der Waals surface area contributed by atoms with Gasteiger partial charge in [0.2, 0.25) is 0 Å². The molecule has 3 rings (SSSR count). The molecule has 0 aliphatic heterocycles. The van der Waals surface area contributed by atoms with Crippen LogP contribution in [0.4, 0.5) is 22.0 Å². The molecule has 1 aliphatic rings.